The average Bonchev–Trinajstić information content (AvgIpc) is 2.67. The van der Waals surface area contributed by atoms with E-state index in [4.69, 9.17) is 4.74 Å². The monoisotopic (exact) mass is 404 g/mol. The summed E-state index contributed by atoms with van der Waals surface area (Å²) in [6.45, 7) is 3.37. The fraction of sp³-hybridized carbons (Fsp3) is 0.238. The fourth-order valence-electron chi connectivity index (χ4n) is 3.01. The summed E-state index contributed by atoms with van der Waals surface area (Å²) in [6, 6.07) is 11.5. The van der Waals surface area contributed by atoms with Gasteiger partial charge in [0.25, 0.3) is 0 Å². The van der Waals surface area contributed by atoms with Gasteiger partial charge in [-0.05, 0) is 37.1 Å². The molecule has 1 aliphatic rings. The maximum atomic E-state index is 12.9. The Labute approximate surface area is 165 Å². The third kappa shape index (κ3) is 4.59. The van der Waals surface area contributed by atoms with Gasteiger partial charge in [0.05, 0.1) is 29.0 Å². The lowest BCUT2D eigenvalue weighted by Gasteiger charge is -2.30. The van der Waals surface area contributed by atoms with Crippen molar-refractivity contribution in [1.82, 2.24) is 10.6 Å². The van der Waals surface area contributed by atoms with Crippen LogP contribution in [0, 0.1) is 0 Å². The first kappa shape index (κ1) is 20.4. The summed E-state index contributed by atoms with van der Waals surface area (Å²) >= 11 is 0. The van der Waals surface area contributed by atoms with Crippen molar-refractivity contribution in [3.8, 4) is 0 Å². The van der Waals surface area contributed by atoms with Gasteiger partial charge in [-0.3, -0.25) is 0 Å². The lowest BCUT2D eigenvalue weighted by molar-refractivity contribution is -0.143. The molecule has 0 aliphatic carbocycles. The van der Waals surface area contributed by atoms with Gasteiger partial charge in [-0.1, -0.05) is 42.5 Å². The van der Waals surface area contributed by atoms with Gasteiger partial charge in [0.1, 0.15) is 0 Å². The topological polar surface area (TPSA) is 67.4 Å². The third-order valence-electron chi connectivity index (χ3n) is 4.27. The predicted octanol–water partition coefficient (Wildman–Crippen LogP) is 4.42. The van der Waals surface area contributed by atoms with Crippen molar-refractivity contribution in [1.29, 1.82) is 0 Å². The van der Waals surface area contributed by atoms with E-state index in [9.17, 15) is 22.8 Å². The lowest BCUT2D eigenvalue weighted by Crippen LogP contribution is -2.45. The zero-order chi connectivity index (χ0) is 21.2. The Morgan fingerprint density at radius 2 is 1.66 bits per heavy atom. The molecule has 0 radical (unpaired) electrons. The van der Waals surface area contributed by atoms with E-state index < -0.39 is 35.9 Å². The minimum atomic E-state index is -4.49. The molecule has 2 N–H and O–H groups in total. The SMILES string of the molecule is CC(C)OC(=O)C1=C(c2ccccc2)NC(=O)NC1c1ccc(C(F)(F)F)cc1. The third-order valence-corrected chi connectivity index (χ3v) is 4.27. The Hall–Kier alpha value is -3.29. The van der Waals surface area contributed by atoms with Crippen molar-refractivity contribution in [2.45, 2.75) is 32.2 Å². The summed E-state index contributed by atoms with van der Waals surface area (Å²) in [5.74, 6) is -0.670. The van der Waals surface area contributed by atoms with Crippen LogP contribution < -0.4 is 10.6 Å². The van der Waals surface area contributed by atoms with Gasteiger partial charge in [-0.2, -0.15) is 13.2 Å². The molecule has 1 aliphatic heterocycles. The molecule has 2 aromatic rings. The zero-order valence-corrected chi connectivity index (χ0v) is 15.7. The van der Waals surface area contributed by atoms with Crippen LogP contribution in [0.25, 0.3) is 5.70 Å². The summed E-state index contributed by atoms with van der Waals surface area (Å²) in [5.41, 5.74) is 0.459. The Balaban J connectivity index is 2.12. The second kappa shape index (κ2) is 7.98. The molecule has 0 fully saturated rings. The van der Waals surface area contributed by atoms with E-state index >= 15 is 0 Å². The Kier molecular flexibility index (Phi) is 5.63. The van der Waals surface area contributed by atoms with Crippen LogP contribution in [0.5, 0.6) is 0 Å². The highest BCUT2D eigenvalue weighted by molar-refractivity contribution is 6.04. The average molecular weight is 404 g/mol. The molecule has 0 aromatic heterocycles. The van der Waals surface area contributed by atoms with Gasteiger partial charge in [-0.25, -0.2) is 9.59 Å². The van der Waals surface area contributed by atoms with E-state index in [1.807, 2.05) is 0 Å². The van der Waals surface area contributed by atoms with Crippen LogP contribution >= 0.6 is 0 Å². The first-order valence-corrected chi connectivity index (χ1v) is 8.92. The summed E-state index contributed by atoms with van der Waals surface area (Å²) in [5, 5.41) is 5.23. The zero-order valence-electron chi connectivity index (χ0n) is 15.7. The maximum Gasteiger partial charge on any atom is 0.416 e. The first-order chi connectivity index (χ1) is 13.7. The van der Waals surface area contributed by atoms with Gasteiger partial charge < -0.3 is 15.4 Å². The highest BCUT2D eigenvalue weighted by Gasteiger charge is 2.36. The second-order valence-electron chi connectivity index (χ2n) is 6.76. The fourth-order valence-corrected chi connectivity index (χ4v) is 3.01. The summed E-state index contributed by atoms with van der Waals surface area (Å²) in [6.07, 6.45) is -4.90. The molecule has 152 valence electrons. The molecule has 0 bridgehead atoms. The number of ether oxygens (including phenoxy) is 1. The van der Waals surface area contributed by atoms with Crippen LogP contribution in [0.2, 0.25) is 0 Å². The van der Waals surface area contributed by atoms with Gasteiger partial charge in [0.2, 0.25) is 0 Å². The molecular weight excluding hydrogens is 385 g/mol. The minimum absolute atomic E-state index is 0.115. The summed E-state index contributed by atoms with van der Waals surface area (Å²) in [7, 11) is 0. The van der Waals surface area contributed by atoms with E-state index in [-0.39, 0.29) is 11.3 Å². The van der Waals surface area contributed by atoms with Crippen molar-refractivity contribution >= 4 is 17.7 Å². The molecule has 1 heterocycles. The standard InChI is InChI=1S/C21H19F3N2O3/c1-12(2)29-19(27)16-17(13-6-4-3-5-7-13)25-20(28)26-18(16)14-8-10-15(11-9-14)21(22,23)24/h3-12,18H,1-2H3,(H2,25,26,28). The molecule has 1 atom stereocenters. The van der Waals surface area contributed by atoms with Crippen molar-refractivity contribution < 1.29 is 27.5 Å². The highest BCUT2D eigenvalue weighted by atomic mass is 19.4. The number of urea groups is 1. The van der Waals surface area contributed by atoms with Gasteiger partial charge in [-0.15, -0.1) is 0 Å². The van der Waals surface area contributed by atoms with E-state index in [1.54, 1.807) is 44.2 Å². The molecule has 1 unspecified atom stereocenters. The lowest BCUT2D eigenvalue weighted by atomic mass is 9.92. The predicted molar refractivity (Wildman–Crippen MR) is 100 cm³/mol. The van der Waals surface area contributed by atoms with Crippen LogP contribution in [0.1, 0.15) is 36.6 Å². The van der Waals surface area contributed by atoms with Crippen LogP contribution in [0.3, 0.4) is 0 Å². The second-order valence-corrected chi connectivity index (χ2v) is 6.76. The normalized spacial score (nSPS) is 17.0. The van der Waals surface area contributed by atoms with Gasteiger partial charge >= 0.3 is 18.2 Å². The van der Waals surface area contributed by atoms with Crippen LogP contribution in [-0.2, 0) is 15.7 Å². The van der Waals surface area contributed by atoms with Crippen LogP contribution in [0.15, 0.2) is 60.2 Å². The molecule has 29 heavy (non-hydrogen) atoms. The van der Waals surface area contributed by atoms with E-state index in [0.29, 0.717) is 11.1 Å². The molecular formula is C21H19F3N2O3. The molecule has 3 rings (SSSR count). The first-order valence-electron chi connectivity index (χ1n) is 8.92. The minimum Gasteiger partial charge on any atom is -0.459 e. The molecule has 2 aromatic carbocycles. The number of esters is 1. The number of rotatable bonds is 4. The maximum absolute atomic E-state index is 12.9. The van der Waals surface area contributed by atoms with E-state index in [1.165, 1.54) is 12.1 Å². The Bertz CT molecular complexity index is 936. The molecule has 8 heteroatoms. The molecule has 0 spiro atoms. The number of nitrogens with one attached hydrogen (secondary N) is 2. The molecule has 0 saturated heterocycles. The largest absolute Gasteiger partial charge is 0.459 e. The Morgan fingerprint density at radius 3 is 2.21 bits per heavy atom. The number of hydrogen-bond donors (Lipinski definition) is 2. The number of halogens is 3. The van der Waals surface area contributed by atoms with Crippen molar-refractivity contribution in [2.24, 2.45) is 0 Å². The van der Waals surface area contributed by atoms with Gasteiger partial charge in [0, 0.05) is 0 Å². The molecule has 0 saturated carbocycles. The number of hydrogen-bond acceptors (Lipinski definition) is 3. The van der Waals surface area contributed by atoms with E-state index in [0.717, 1.165) is 12.1 Å². The smallest absolute Gasteiger partial charge is 0.416 e. The van der Waals surface area contributed by atoms with Crippen molar-refractivity contribution in [3.63, 3.8) is 0 Å². The number of benzene rings is 2. The number of amides is 2. The number of carbonyl (C=O) groups is 2. The van der Waals surface area contributed by atoms with Gasteiger partial charge in [0.15, 0.2) is 0 Å². The molecule has 5 nitrogen and oxygen atoms in total. The summed E-state index contributed by atoms with van der Waals surface area (Å²) < 4.78 is 44.0. The van der Waals surface area contributed by atoms with Crippen LogP contribution in [-0.4, -0.2) is 18.1 Å². The highest BCUT2D eigenvalue weighted by Crippen LogP contribution is 2.34. The van der Waals surface area contributed by atoms with Crippen molar-refractivity contribution in [2.75, 3.05) is 0 Å². The number of alkyl halides is 3. The Morgan fingerprint density at radius 1 is 1.03 bits per heavy atom. The van der Waals surface area contributed by atoms with E-state index in [2.05, 4.69) is 10.6 Å². The summed E-state index contributed by atoms with van der Waals surface area (Å²) in [4.78, 5) is 25.1. The number of carbonyl (C=O) groups excluding carboxylic acids is 2. The van der Waals surface area contributed by atoms with Crippen molar-refractivity contribution in [3.05, 3.63) is 76.9 Å². The van der Waals surface area contributed by atoms with Crippen LogP contribution in [0.4, 0.5) is 18.0 Å². The molecule has 2 amide bonds. The quantitative estimate of drug-likeness (QED) is 0.742.